The Morgan fingerprint density at radius 1 is 1.08 bits per heavy atom. The second-order valence-corrected chi connectivity index (χ2v) is 7.17. The van der Waals surface area contributed by atoms with Gasteiger partial charge in [-0.25, -0.2) is 0 Å². The molecule has 0 N–H and O–H groups in total. The fraction of sp³-hybridized carbons (Fsp3) is 0.556. The fourth-order valence-corrected chi connectivity index (χ4v) is 2.64. The first kappa shape index (κ1) is 19.5. The van der Waals surface area contributed by atoms with Crippen LogP contribution >= 0.6 is 0 Å². The fourth-order valence-electron chi connectivity index (χ4n) is 2.64. The van der Waals surface area contributed by atoms with Gasteiger partial charge in [0, 0.05) is 12.7 Å². The normalized spacial score (nSPS) is 19.4. The summed E-state index contributed by atoms with van der Waals surface area (Å²) in [5.41, 5.74) is -0.146. The number of carbonyl (C=O) groups is 2. The minimum atomic E-state index is -0.580. The van der Waals surface area contributed by atoms with Crippen LogP contribution in [0.25, 0.3) is 0 Å². The van der Waals surface area contributed by atoms with Crippen molar-refractivity contribution in [3.63, 3.8) is 0 Å². The molecule has 0 radical (unpaired) electrons. The van der Waals surface area contributed by atoms with Crippen molar-refractivity contribution in [1.29, 1.82) is 0 Å². The minimum absolute atomic E-state index is 0.125. The average Bonchev–Trinajstić information content (AvgIpc) is 2.73. The van der Waals surface area contributed by atoms with Gasteiger partial charge < -0.3 is 18.8 Å². The third-order valence-corrected chi connectivity index (χ3v) is 4.78. The third kappa shape index (κ3) is 4.41. The number of ether oxygens (including phenoxy) is 2. The molecule has 0 aromatic heterocycles. The summed E-state index contributed by atoms with van der Waals surface area (Å²) in [4.78, 5) is 22.9. The maximum atomic E-state index is 11.9. The highest BCUT2D eigenvalue weighted by Gasteiger charge is 2.54. The van der Waals surface area contributed by atoms with Crippen LogP contribution in [0.3, 0.4) is 0 Å². The first-order valence-corrected chi connectivity index (χ1v) is 8.26. The number of rotatable bonds is 5. The SMILES string of the molecule is COC(=O)CC(B1OC(C)(C)C(C)(C)O1)c1ccc(OC(C)=O)cc1. The van der Waals surface area contributed by atoms with Gasteiger partial charge in [0.1, 0.15) is 5.75 Å². The van der Waals surface area contributed by atoms with E-state index in [4.69, 9.17) is 18.8 Å². The Hall–Kier alpha value is -1.86. The van der Waals surface area contributed by atoms with E-state index in [2.05, 4.69) is 0 Å². The van der Waals surface area contributed by atoms with Gasteiger partial charge in [0.2, 0.25) is 0 Å². The highest BCUT2D eigenvalue weighted by atomic mass is 16.7. The maximum absolute atomic E-state index is 11.9. The van der Waals surface area contributed by atoms with Crippen LogP contribution in [0, 0.1) is 0 Å². The van der Waals surface area contributed by atoms with E-state index in [1.165, 1.54) is 14.0 Å². The lowest BCUT2D eigenvalue weighted by Crippen LogP contribution is -2.41. The van der Waals surface area contributed by atoms with Crippen LogP contribution in [0.5, 0.6) is 5.75 Å². The lowest BCUT2D eigenvalue weighted by molar-refractivity contribution is -0.140. The van der Waals surface area contributed by atoms with Crippen molar-refractivity contribution in [3.8, 4) is 5.75 Å². The second kappa shape index (κ2) is 7.18. The number of carbonyl (C=O) groups excluding carboxylic acids is 2. The molecule has 7 heteroatoms. The van der Waals surface area contributed by atoms with Crippen molar-refractivity contribution >= 4 is 19.1 Å². The Kier molecular flexibility index (Phi) is 5.59. The largest absolute Gasteiger partial charge is 0.469 e. The molecule has 136 valence electrons. The predicted molar refractivity (Wildman–Crippen MR) is 93.2 cm³/mol. The van der Waals surface area contributed by atoms with E-state index in [1.54, 1.807) is 24.3 Å². The molecular weight excluding hydrogens is 323 g/mol. The molecule has 1 aromatic rings. The highest BCUT2D eigenvalue weighted by molar-refractivity contribution is 6.48. The summed E-state index contributed by atoms with van der Waals surface area (Å²) in [6.07, 6.45) is 0.125. The summed E-state index contributed by atoms with van der Waals surface area (Å²) in [6, 6.07) is 6.98. The second-order valence-electron chi connectivity index (χ2n) is 7.17. The molecule has 25 heavy (non-hydrogen) atoms. The van der Waals surface area contributed by atoms with Gasteiger partial charge in [-0.1, -0.05) is 12.1 Å². The quantitative estimate of drug-likeness (QED) is 0.463. The molecule has 0 saturated carbocycles. The third-order valence-electron chi connectivity index (χ3n) is 4.78. The van der Waals surface area contributed by atoms with Crippen molar-refractivity contribution in [1.82, 2.24) is 0 Å². The highest BCUT2D eigenvalue weighted by Crippen LogP contribution is 2.42. The van der Waals surface area contributed by atoms with Gasteiger partial charge in [-0.05, 0) is 45.4 Å². The molecule has 1 aliphatic rings. The molecule has 6 nitrogen and oxygen atoms in total. The average molecular weight is 348 g/mol. The van der Waals surface area contributed by atoms with Gasteiger partial charge in [0.15, 0.2) is 0 Å². The molecule has 1 atom stereocenters. The predicted octanol–water partition coefficient (Wildman–Crippen LogP) is 2.89. The van der Waals surface area contributed by atoms with Crippen LogP contribution < -0.4 is 4.74 Å². The van der Waals surface area contributed by atoms with E-state index in [0.717, 1.165) is 5.56 Å². The van der Waals surface area contributed by atoms with Gasteiger partial charge in [-0.2, -0.15) is 0 Å². The molecule has 0 amide bonds. The minimum Gasteiger partial charge on any atom is -0.469 e. The zero-order valence-corrected chi connectivity index (χ0v) is 15.6. The standard InChI is InChI=1S/C18H25BO6/c1-12(20)23-14-9-7-13(8-10-14)15(11-16(21)22-6)19-24-17(2,3)18(4,5)25-19/h7-10,15H,11H2,1-6H3. The summed E-state index contributed by atoms with van der Waals surface area (Å²) < 4.78 is 22.1. The molecule has 1 saturated heterocycles. The summed E-state index contributed by atoms with van der Waals surface area (Å²) in [5, 5.41) is 0. The van der Waals surface area contributed by atoms with Crippen LogP contribution in [0.4, 0.5) is 0 Å². The monoisotopic (exact) mass is 348 g/mol. The molecule has 1 aromatic carbocycles. The van der Waals surface area contributed by atoms with Gasteiger partial charge in [-0.15, -0.1) is 0 Å². The van der Waals surface area contributed by atoms with Crippen molar-refractivity contribution in [2.75, 3.05) is 7.11 Å². The Labute approximate surface area is 148 Å². The maximum Gasteiger partial charge on any atom is 0.466 e. The van der Waals surface area contributed by atoms with E-state index >= 15 is 0 Å². The molecular formula is C18H25BO6. The molecule has 1 unspecified atom stereocenters. The number of benzene rings is 1. The first-order chi connectivity index (χ1) is 11.6. The number of hydrogen-bond donors (Lipinski definition) is 0. The molecule has 0 aliphatic carbocycles. The van der Waals surface area contributed by atoms with Crippen LogP contribution in [0.1, 0.15) is 52.4 Å². The van der Waals surface area contributed by atoms with Gasteiger partial charge >= 0.3 is 19.1 Å². The lowest BCUT2D eigenvalue weighted by Gasteiger charge is -2.32. The van der Waals surface area contributed by atoms with Crippen molar-refractivity contribution in [2.45, 2.75) is 58.1 Å². The summed E-state index contributed by atoms with van der Waals surface area (Å²) in [7, 11) is 0.775. The van der Waals surface area contributed by atoms with Gasteiger partial charge in [-0.3, -0.25) is 9.59 Å². The number of hydrogen-bond acceptors (Lipinski definition) is 6. The van der Waals surface area contributed by atoms with Crippen molar-refractivity contribution in [2.24, 2.45) is 0 Å². The van der Waals surface area contributed by atoms with E-state index in [-0.39, 0.29) is 24.2 Å². The molecule has 0 bridgehead atoms. The van der Waals surface area contributed by atoms with Gasteiger partial charge in [0.05, 0.1) is 24.7 Å². The lowest BCUT2D eigenvalue weighted by atomic mass is 9.66. The van der Waals surface area contributed by atoms with E-state index < -0.39 is 18.3 Å². The smallest absolute Gasteiger partial charge is 0.466 e. The Morgan fingerprint density at radius 3 is 2.04 bits per heavy atom. The van der Waals surface area contributed by atoms with Crippen LogP contribution in [-0.4, -0.2) is 37.4 Å². The summed E-state index contributed by atoms with van der Waals surface area (Å²) in [6.45, 7) is 9.20. The summed E-state index contributed by atoms with van der Waals surface area (Å²) in [5.74, 6) is -0.615. The Bertz CT molecular complexity index is 621. The Morgan fingerprint density at radius 2 is 1.60 bits per heavy atom. The zero-order chi connectivity index (χ0) is 18.8. The van der Waals surface area contributed by atoms with E-state index in [9.17, 15) is 9.59 Å². The van der Waals surface area contributed by atoms with Gasteiger partial charge in [0.25, 0.3) is 0 Å². The molecule has 2 rings (SSSR count). The molecule has 1 aliphatic heterocycles. The van der Waals surface area contributed by atoms with Crippen LogP contribution in [0.2, 0.25) is 0 Å². The molecule has 1 heterocycles. The first-order valence-electron chi connectivity index (χ1n) is 8.26. The van der Waals surface area contributed by atoms with E-state index in [1.807, 2.05) is 27.7 Å². The van der Waals surface area contributed by atoms with Crippen LogP contribution in [0.15, 0.2) is 24.3 Å². The molecule has 1 fully saturated rings. The van der Waals surface area contributed by atoms with E-state index in [0.29, 0.717) is 5.75 Å². The van der Waals surface area contributed by atoms with Crippen molar-refractivity contribution < 1.29 is 28.4 Å². The number of esters is 2. The summed E-state index contributed by atoms with van der Waals surface area (Å²) >= 11 is 0. The molecule has 0 spiro atoms. The van der Waals surface area contributed by atoms with Crippen LogP contribution in [-0.2, 0) is 23.6 Å². The zero-order valence-electron chi connectivity index (χ0n) is 15.6. The number of methoxy groups -OCH3 is 1. The Balaban J connectivity index is 2.28. The topological polar surface area (TPSA) is 71.1 Å². The van der Waals surface area contributed by atoms with Crippen molar-refractivity contribution in [3.05, 3.63) is 29.8 Å².